The molecule has 4 heteroatoms. The average molecular weight is 304 g/mol. The normalized spacial score (nSPS) is 38.7. The molecular formula is C18H28N2O2. The van der Waals surface area contributed by atoms with Crippen LogP contribution in [0.1, 0.15) is 64.2 Å². The van der Waals surface area contributed by atoms with Crippen LogP contribution >= 0.6 is 0 Å². The van der Waals surface area contributed by atoms with E-state index in [1.54, 1.807) is 0 Å². The van der Waals surface area contributed by atoms with Gasteiger partial charge in [-0.25, -0.2) is 0 Å². The lowest BCUT2D eigenvalue weighted by molar-refractivity contribution is -0.130. The van der Waals surface area contributed by atoms with Gasteiger partial charge in [0.25, 0.3) is 0 Å². The fourth-order valence-corrected chi connectivity index (χ4v) is 5.37. The highest BCUT2D eigenvalue weighted by atomic mass is 16.2. The number of hydrogen-bond donors (Lipinski definition) is 1. The van der Waals surface area contributed by atoms with Gasteiger partial charge in [0.15, 0.2) is 0 Å². The molecule has 4 nitrogen and oxygen atoms in total. The Hall–Kier alpha value is -1.06. The number of rotatable bonds is 3. The van der Waals surface area contributed by atoms with Crippen molar-refractivity contribution in [1.82, 2.24) is 10.2 Å². The minimum absolute atomic E-state index is 0.103. The van der Waals surface area contributed by atoms with Crippen LogP contribution in [0.3, 0.4) is 0 Å². The van der Waals surface area contributed by atoms with E-state index in [4.69, 9.17) is 0 Å². The zero-order chi connectivity index (χ0) is 15.1. The number of carbonyl (C=O) groups is 2. The van der Waals surface area contributed by atoms with Crippen molar-refractivity contribution >= 4 is 11.8 Å². The van der Waals surface area contributed by atoms with Crippen molar-refractivity contribution in [3.63, 3.8) is 0 Å². The van der Waals surface area contributed by atoms with Crippen molar-refractivity contribution in [1.29, 1.82) is 0 Å². The number of hydrogen-bond acceptors (Lipinski definition) is 2. The van der Waals surface area contributed by atoms with E-state index in [0.717, 1.165) is 18.8 Å². The van der Waals surface area contributed by atoms with E-state index in [9.17, 15) is 9.59 Å². The van der Waals surface area contributed by atoms with Gasteiger partial charge in [-0.3, -0.25) is 9.59 Å². The maximum absolute atomic E-state index is 12.6. The summed E-state index contributed by atoms with van der Waals surface area (Å²) >= 11 is 0. The number of amides is 2. The molecule has 3 saturated carbocycles. The minimum Gasteiger partial charge on any atom is -0.353 e. The van der Waals surface area contributed by atoms with Crippen molar-refractivity contribution in [2.24, 2.45) is 17.8 Å². The topological polar surface area (TPSA) is 49.4 Å². The third-order valence-electron chi connectivity index (χ3n) is 6.61. The lowest BCUT2D eigenvalue weighted by Crippen LogP contribution is -2.43. The Balaban J connectivity index is 1.33. The summed E-state index contributed by atoms with van der Waals surface area (Å²) in [7, 11) is 0. The highest BCUT2D eigenvalue weighted by Gasteiger charge is 2.43. The zero-order valence-corrected chi connectivity index (χ0v) is 13.4. The Bertz CT molecular complexity index is 458. The first-order valence-electron chi connectivity index (χ1n) is 9.30. The SMILES string of the molecule is O=C(NC1CC2CCC1C2)C1CC(=O)N(C2CCCCC2)C1. The number of nitrogens with zero attached hydrogens (tertiary/aromatic N) is 1. The van der Waals surface area contributed by atoms with E-state index in [-0.39, 0.29) is 17.7 Å². The van der Waals surface area contributed by atoms with Crippen molar-refractivity contribution in [3.8, 4) is 0 Å². The largest absolute Gasteiger partial charge is 0.353 e. The van der Waals surface area contributed by atoms with Crippen LogP contribution in [-0.4, -0.2) is 35.3 Å². The van der Waals surface area contributed by atoms with Gasteiger partial charge in [0.05, 0.1) is 5.92 Å². The summed E-state index contributed by atoms with van der Waals surface area (Å²) < 4.78 is 0. The van der Waals surface area contributed by atoms with Crippen LogP contribution in [0.15, 0.2) is 0 Å². The zero-order valence-electron chi connectivity index (χ0n) is 13.4. The predicted molar refractivity (Wildman–Crippen MR) is 84.1 cm³/mol. The van der Waals surface area contributed by atoms with Gasteiger partial charge in [-0.1, -0.05) is 25.7 Å². The van der Waals surface area contributed by atoms with E-state index < -0.39 is 0 Å². The van der Waals surface area contributed by atoms with Gasteiger partial charge < -0.3 is 10.2 Å². The second-order valence-electron chi connectivity index (χ2n) is 8.03. The number of fused-ring (bicyclic) bond motifs is 2. The average Bonchev–Trinajstić information content (AvgIpc) is 3.23. The molecule has 3 aliphatic carbocycles. The number of nitrogens with one attached hydrogen (secondary N) is 1. The van der Waals surface area contributed by atoms with Crippen LogP contribution in [0.5, 0.6) is 0 Å². The molecule has 1 N–H and O–H groups in total. The molecule has 0 aromatic rings. The maximum Gasteiger partial charge on any atom is 0.225 e. The van der Waals surface area contributed by atoms with Crippen LogP contribution in [0.4, 0.5) is 0 Å². The summed E-state index contributed by atoms with van der Waals surface area (Å²) in [6.45, 7) is 0.663. The Labute approximate surface area is 133 Å². The Kier molecular flexibility index (Phi) is 3.87. The number of carbonyl (C=O) groups excluding carboxylic acids is 2. The van der Waals surface area contributed by atoms with Crippen molar-refractivity contribution in [2.75, 3.05) is 6.54 Å². The summed E-state index contributed by atoms with van der Waals surface area (Å²) in [6.07, 6.45) is 11.6. The molecule has 0 aromatic heterocycles. The highest BCUT2D eigenvalue weighted by Crippen LogP contribution is 2.44. The van der Waals surface area contributed by atoms with E-state index in [0.29, 0.717) is 31.0 Å². The summed E-state index contributed by atoms with van der Waals surface area (Å²) in [4.78, 5) is 26.9. The second-order valence-corrected chi connectivity index (χ2v) is 8.03. The molecule has 4 unspecified atom stereocenters. The van der Waals surface area contributed by atoms with Gasteiger partial charge in [0, 0.05) is 25.0 Å². The third-order valence-corrected chi connectivity index (χ3v) is 6.61. The van der Waals surface area contributed by atoms with Crippen molar-refractivity contribution in [2.45, 2.75) is 76.3 Å². The Morgan fingerprint density at radius 2 is 1.86 bits per heavy atom. The molecule has 0 radical (unpaired) electrons. The first-order valence-corrected chi connectivity index (χ1v) is 9.30. The molecular weight excluding hydrogens is 276 g/mol. The van der Waals surface area contributed by atoms with E-state index in [1.165, 1.54) is 44.9 Å². The molecule has 2 amide bonds. The molecule has 4 rings (SSSR count). The van der Waals surface area contributed by atoms with Crippen molar-refractivity contribution < 1.29 is 9.59 Å². The predicted octanol–water partition coefficient (Wildman–Crippen LogP) is 2.47. The molecule has 122 valence electrons. The van der Waals surface area contributed by atoms with Crippen LogP contribution in [0.2, 0.25) is 0 Å². The molecule has 2 bridgehead atoms. The van der Waals surface area contributed by atoms with Crippen LogP contribution in [-0.2, 0) is 9.59 Å². The smallest absolute Gasteiger partial charge is 0.225 e. The maximum atomic E-state index is 12.6. The second kappa shape index (κ2) is 5.86. The summed E-state index contributed by atoms with van der Waals surface area (Å²) in [5.74, 6) is 1.80. The molecule has 0 spiro atoms. The van der Waals surface area contributed by atoms with Gasteiger partial charge in [-0.2, -0.15) is 0 Å². The standard InChI is InChI=1S/C18H28N2O2/c21-17-10-14(11-20(17)15-4-2-1-3-5-15)18(22)19-16-9-12-6-7-13(16)8-12/h12-16H,1-11H2,(H,19,22). The van der Waals surface area contributed by atoms with Gasteiger partial charge in [-0.15, -0.1) is 0 Å². The lowest BCUT2D eigenvalue weighted by atomic mass is 9.94. The highest BCUT2D eigenvalue weighted by molar-refractivity contribution is 5.89. The lowest BCUT2D eigenvalue weighted by Gasteiger charge is -2.31. The Morgan fingerprint density at radius 1 is 1.05 bits per heavy atom. The third kappa shape index (κ3) is 2.65. The molecule has 4 atom stereocenters. The molecule has 1 heterocycles. The molecule has 1 aliphatic heterocycles. The molecule has 22 heavy (non-hydrogen) atoms. The first kappa shape index (κ1) is 14.5. The van der Waals surface area contributed by atoms with Gasteiger partial charge in [0.2, 0.25) is 11.8 Å². The van der Waals surface area contributed by atoms with Crippen LogP contribution in [0.25, 0.3) is 0 Å². The molecule has 4 aliphatic rings. The van der Waals surface area contributed by atoms with E-state index in [1.807, 2.05) is 4.90 Å². The fraction of sp³-hybridized carbons (Fsp3) is 0.889. The minimum atomic E-state index is -0.103. The molecule has 1 saturated heterocycles. The molecule has 4 fully saturated rings. The van der Waals surface area contributed by atoms with Gasteiger partial charge in [0.1, 0.15) is 0 Å². The quantitative estimate of drug-likeness (QED) is 0.871. The van der Waals surface area contributed by atoms with Crippen molar-refractivity contribution in [3.05, 3.63) is 0 Å². The van der Waals surface area contributed by atoms with E-state index in [2.05, 4.69) is 5.32 Å². The van der Waals surface area contributed by atoms with Crippen LogP contribution < -0.4 is 5.32 Å². The Morgan fingerprint density at radius 3 is 2.55 bits per heavy atom. The monoisotopic (exact) mass is 304 g/mol. The summed E-state index contributed by atoms with van der Waals surface area (Å²) in [6, 6.07) is 0.798. The summed E-state index contributed by atoms with van der Waals surface area (Å²) in [5.41, 5.74) is 0. The van der Waals surface area contributed by atoms with Gasteiger partial charge >= 0.3 is 0 Å². The van der Waals surface area contributed by atoms with Crippen LogP contribution in [0, 0.1) is 17.8 Å². The summed E-state index contributed by atoms with van der Waals surface area (Å²) in [5, 5.41) is 3.28. The van der Waals surface area contributed by atoms with E-state index >= 15 is 0 Å². The van der Waals surface area contributed by atoms with Gasteiger partial charge in [-0.05, 0) is 43.9 Å². The molecule has 0 aromatic carbocycles. The fourth-order valence-electron chi connectivity index (χ4n) is 5.37. The first-order chi connectivity index (χ1) is 10.7. The number of likely N-dealkylation sites (tertiary alicyclic amines) is 1.